The third-order valence-electron chi connectivity index (χ3n) is 4.21. The molecule has 5 nitrogen and oxygen atoms in total. The van der Waals surface area contributed by atoms with Crippen LogP contribution in [0.25, 0.3) is 0 Å². The minimum Gasteiger partial charge on any atom is -0.482 e. The quantitative estimate of drug-likeness (QED) is 0.426. The average molecular weight is 432 g/mol. The van der Waals surface area contributed by atoms with Crippen molar-refractivity contribution in [2.24, 2.45) is 0 Å². The third-order valence-corrected chi connectivity index (χ3v) is 4.21. The molecule has 0 unspecified atom stereocenters. The van der Waals surface area contributed by atoms with Gasteiger partial charge in [0, 0.05) is 6.07 Å². The van der Waals surface area contributed by atoms with Gasteiger partial charge in [-0.05, 0) is 11.1 Å². The predicted octanol–water partition coefficient (Wildman–Crippen LogP) is 5.37. The van der Waals surface area contributed by atoms with Crippen molar-refractivity contribution in [3.8, 4) is 17.2 Å². The fourth-order valence-electron chi connectivity index (χ4n) is 2.76. The Morgan fingerprint density at radius 2 is 1.39 bits per heavy atom. The summed E-state index contributed by atoms with van der Waals surface area (Å²) in [5, 5.41) is 0. The van der Waals surface area contributed by atoms with Crippen molar-refractivity contribution in [3.05, 3.63) is 89.2 Å². The zero-order chi connectivity index (χ0) is 22.2. The highest BCUT2D eigenvalue weighted by atomic mass is 19.3. The minimum atomic E-state index is -3.24. The van der Waals surface area contributed by atoms with E-state index in [0.29, 0.717) is 11.1 Å². The monoisotopic (exact) mass is 432 g/mol. The maximum absolute atomic E-state index is 15.2. The normalized spacial score (nSPS) is 10.6. The number of carbonyl (C=O) groups excluding carboxylic acids is 1. The zero-order valence-electron chi connectivity index (χ0n) is 16.5. The molecular formula is C23H19F3O5. The van der Waals surface area contributed by atoms with Gasteiger partial charge < -0.3 is 18.9 Å². The number of alkyl halides is 2. The summed E-state index contributed by atoms with van der Waals surface area (Å²) in [5.74, 6) is -3.64. The summed E-state index contributed by atoms with van der Waals surface area (Å²) >= 11 is 0. The number of hydrogen-bond donors (Lipinski definition) is 0. The maximum atomic E-state index is 15.2. The molecule has 3 aromatic carbocycles. The van der Waals surface area contributed by atoms with Crippen LogP contribution in [0.3, 0.4) is 0 Å². The van der Waals surface area contributed by atoms with Gasteiger partial charge in [0.05, 0.1) is 7.11 Å². The Kier molecular flexibility index (Phi) is 7.37. The van der Waals surface area contributed by atoms with Gasteiger partial charge in [0.15, 0.2) is 11.6 Å². The van der Waals surface area contributed by atoms with Crippen molar-refractivity contribution in [1.29, 1.82) is 0 Å². The van der Waals surface area contributed by atoms with Crippen LogP contribution in [0.4, 0.5) is 13.2 Å². The molecule has 0 bridgehead atoms. The molecule has 0 radical (unpaired) electrons. The number of rotatable bonds is 9. The lowest BCUT2D eigenvalue weighted by Gasteiger charge is -2.19. The molecule has 162 valence electrons. The number of esters is 1. The van der Waals surface area contributed by atoms with Gasteiger partial charge in [-0.1, -0.05) is 60.7 Å². The molecule has 0 aliphatic rings. The Hall–Kier alpha value is -3.68. The Balaban J connectivity index is 2.03. The van der Waals surface area contributed by atoms with Crippen molar-refractivity contribution >= 4 is 5.97 Å². The number of hydrogen-bond acceptors (Lipinski definition) is 5. The molecular weight excluding hydrogens is 413 g/mol. The Morgan fingerprint density at radius 3 is 1.87 bits per heavy atom. The van der Waals surface area contributed by atoms with Crippen LogP contribution in [-0.2, 0) is 18.0 Å². The lowest BCUT2D eigenvalue weighted by molar-refractivity contribution is -0.0519. The van der Waals surface area contributed by atoms with Crippen molar-refractivity contribution in [3.63, 3.8) is 0 Å². The van der Waals surface area contributed by atoms with Gasteiger partial charge in [0.2, 0.25) is 11.5 Å². The van der Waals surface area contributed by atoms with Gasteiger partial charge in [0.25, 0.3) is 0 Å². The van der Waals surface area contributed by atoms with Crippen LogP contribution in [0.1, 0.15) is 21.5 Å². The molecule has 8 heteroatoms. The summed E-state index contributed by atoms with van der Waals surface area (Å²) in [4.78, 5) is 12.0. The van der Waals surface area contributed by atoms with E-state index < -0.39 is 35.5 Å². The molecule has 3 aromatic rings. The number of halogens is 3. The lowest BCUT2D eigenvalue weighted by atomic mass is 10.1. The minimum absolute atomic E-state index is 0.0703. The molecule has 0 fully saturated rings. The fraction of sp³-hybridized carbons (Fsp3) is 0.174. The standard InChI is InChI=1S/C23H19F3O5/c1-28-22(27)17-12-18(31-23(25)26)20(29-13-15-8-4-2-5-9-15)21(19(17)24)30-14-16-10-6-3-7-11-16/h2-12,23H,13-14H2,1H3. The van der Waals surface area contributed by atoms with Gasteiger partial charge in [0.1, 0.15) is 18.8 Å². The molecule has 0 saturated carbocycles. The summed E-state index contributed by atoms with van der Waals surface area (Å²) in [6, 6.07) is 18.4. The van der Waals surface area contributed by atoms with E-state index in [9.17, 15) is 13.6 Å². The molecule has 0 atom stereocenters. The first-order chi connectivity index (χ1) is 15.0. The molecule has 0 N–H and O–H groups in total. The highest BCUT2D eigenvalue weighted by Gasteiger charge is 2.28. The average Bonchev–Trinajstić information content (AvgIpc) is 2.78. The number of carbonyl (C=O) groups is 1. The molecule has 0 amide bonds. The lowest BCUT2D eigenvalue weighted by Crippen LogP contribution is -2.12. The second-order valence-corrected chi connectivity index (χ2v) is 6.31. The van der Waals surface area contributed by atoms with E-state index in [1.54, 1.807) is 60.7 Å². The topological polar surface area (TPSA) is 54.0 Å². The van der Waals surface area contributed by atoms with Crippen LogP contribution in [0.2, 0.25) is 0 Å². The first-order valence-electron chi connectivity index (χ1n) is 9.22. The molecule has 0 aliphatic carbocycles. The van der Waals surface area contributed by atoms with Crippen LogP contribution in [0.15, 0.2) is 66.7 Å². The molecule has 31 heavy (non-hydrogen) atoms. The van der Waals surface area contributed by atoms with Gasteiger partial charge in [-0.25, -0.2) is 9.18 Å². The van der Waals surface area contributed by atoms with E-state index in [-0.39, 0.29) is 19.0 Å². The zero-order valence-corrected chi connectivity index (χ0v) is 16.5. The first kappa shape index (κ1) is 22.0. The van der Waals surface area contributed by atoms with Crippen LogP contribution in [-0.4, -0.2) is 19.7 Å². The van der Waals surface area contributed by atoms with Gasteiger partial charge in [-0.15, -0.1) is 0 Å². The van der Waals surface area contributed by atoms with E-state index in [1.165, 1.54) is 0 Å². The van der Waals surface area contributed by atoms with E-state index in [1.807, 2.05) is 0 Å². The van der Waals surface area contributed by atoms with Gasteiger partial charge >= 0.3 is 12.6 Å². The van der Waals surface area contributed by atoms with E-state index in [0.717, 1.165) is 13.2 Å². The molecule has 0 aliphatic heterocycles. The van der Waals surface area contributed by atoms with Gasteiger partial charge in [-0.2, -0.15) is 8.78 Å². The number of benzene rings is 3. The van der Waals surface area contributed by atoms with Crippen molar-refractivity contribution < 1.29 is 36.9 Å². The van der Waals surface area contributed by atoms with E-state index >= 15 is 4.39 Å². The predicted molar refractivity (Wildman–Crippen MR) is 106 cm³/mol. The van der Waals surface area contributed by atoms with Crippen molar-refractivity contribution in [2.75, 3.05) is 7.11 Å². The summed E-state index contributed by atoms with van der Waals surface area (Å²) in [6.07, 6.45) is 0. The summed E-state index contributed by atoms with van der Waals surface area (Å²) < 4.78 is 61.5. The van der Waals surface area contributed by atoms with Crippen LogP contribution in [0, 0.1) is 5.82 Å². The van der Waals surface area contributed by atoms with E-state index in [2.05, 4.69) is 9.47 Å². The Morgan fingerprint density at radius 1 is 0.871 bits per heavy atom. The highest BCUT2D eigenvalue weighted by Crippen LogP contribution is 2.43. The van der Waals surface area contributed by atoms with Crippen molar-refractivity contribution in [2.45, 2.75) is 19.8 Å². The Bertz CT molecular complexity index is 1010. The van der Waals surface area contributed by atoms with E-state index in [4.69, 9.17) is 9.47 Å². The summed E-state index contributed by atoms with van der Waals surface area (Å²) in [5.41, 5.74) is 0.779. The molecule has 0 spiro atoms. The summed E-state index contributed by atoms with van der Waals surface area (Å²) in [6.45, 7) is -3.41. The SMILES string of the molecule is COC(=O)c1cc(OC(F)F)c(OCc2ccccc2)c(OCc2ccccc2)c1F. The molecule has 0 aromatic heterocycles. The van der Waals surface area contributed by atoms with Gasteiger partial charge in [-0.3, -0.25) is 0 Å². The third kappa shape index (κ3) is 5.69. The smallest absolute Gasteiger partial charge is 0.387 e. The van der Waals surface area contributed by atoms with Crippen LogP contribution < -0.4 is 14.2 Å². The first-order valence-corrected chi connectivity index (χ1v) is 9.22. The molecule has 0 saturated heterocycles. The fourth-order valence-corrected chi connectivity index (χ4v) is 2.76. The second kappa shape index (κ2) is 10.4. The Labute approximate surface area is 176 Å². The number of ether oxygens (including phenoxy) is 4. The second-order valence-electron chi connectivity index (χ2n) is 6.31. The molecule has 0 heterocycles. The van der Waals surface area contributed by atoms with Crippen LogP contribution >= 0.6 is 0 Å². The van der Waals surface area contributed by atoms with Crippen molar-refractivity contribution in [1.82, 2.24) is 0 Å². The largest absolute Gasteiger partial charge is 0.482 e. The molecule has 3 rings (SSSR count). The summed E-state index contributed by atoms with van der Waals surface area (Å²) in [7, 11) is 1.04. The van der Waals surface area contributed by atoms with Crippen LogP contribution in [0.5, 0.6) is 17.2 Å². The number of methoxy groups -OCH3 is 1. The highest BCUT2D eigenvalue weighted by molar-refractivity contribution is 5.91. The maximum Gasteiger partial charge on any atom is 0.387 e.